The number of aliphatic imine (C=N–C) groups is 1. The molecule has 0 heterocycles. The van der Waals surface area contributed by atoms with Crippen LogP contribution < -0.4 is 20.1 Å². The molecular weight excluding hydrogens is 330 g/mol. The Kier molecular flexibility index (Phi) is 7.84. The number of rotatable bonds is 8. The van der Waals surface area contributed by atoms with Gasteiger partial charge in [0, 0.05) is 25.9 Å². The first-order chi connectivity index (χ1) is 11.3. The number of hydrogen-bond donors (Lipinski definition) is 2. The molecule has 0 aromatic heterocycles. The second-order valence-corrected chi connectivity index (χ2v) is 7.84. The van der Waals surface area contributed by atoms with Crippen molar-refractivity contribution in [3.63, 3.8) is 0 Å². The molecule has 0 radical (unpaired) electrons. The molecule has 0 aliphatic carbocycles. The molecule has 0 spiro atoms. The second-order valence-electron chi connectivity index (χ2n) is 5.58. The third-order valence-electron chi connectivity index (χ3n) is 3.44. The molecule has 0 aliphatic rings. The van der Waals surface area contributed by atoms with E-state index < -0.39 is 9.84 Å². The fraction of sp³-hybridized carbons (Fsp3) is 0.562. The van der Waals surface area contributed by atoms with E-state index in [-0.39, 0.29) is 11.8 Å². The number of sulfone groups is 1. The Morgan fingerprint density at radius 1 is 1.25 bits per heavy atom. The third kappa shape index (κ3) is 7.08. The first-order valence-corrected chi connectivity index (χ1v) is 9.71. The van der Waals surface area contributed by atoms with Gasteiger partial charge in [0.15, 0.2) is 17.5 Å². The van der Waals surface area contributed by atoms with Gasteiger partial charge in [-0.3, -0.25) is 4.99 Å². The number of nitrogens with one attached hydrogen (secondary N) is 2. The minimum absolute atomic E-state index is 0.00340. The Morgan fingerprint density at radius 2 is 1.92 bits per heavy atom. The van der Waals surface area contributed by atoms with Crippen molar-refractivity contribution < 1.29 is 17.9 Å². The van der Waals surface area contributed by atoms with Crippen LogP contribution in [0.5, 0.6) is 11.5 Å². The summed E-state index contributed by atoms with van der Waals surface area (Å²) in [7, 11) is 1.91. The third-order valence-corrected chi connectivity index (χ3v) is 4.41. The number of guanidine groups is 1. The number of hydrogen-bond acceptors (Lipinski definition) is 5. The van der Waals surface area contributed by atoms with E-state index in [2.05, 4.69) is 15.6 Å². The predicted molar refractivity (Wildman–Crippen MR) is 96.7 cm³/mol. The normalized spacial score (nSPS) is 13.3. The Hall–Kier alpha value is -1.96. The molecule has 2 N–H and O–H groups in total. The Bertz CT molecular complexity index is 659. The predicted octanol–water partition coefficient (Wildman–Crippen LogP) is 1.19. The summed E-state index contributed by atoms with van der Waals surface area (Å²) in [6.45, 7) is 2.48. The SMILES string of the molecule is CN=C(NCc1ccc(OC)c(OC)c1)NC(C)CCS(C)(=O)=O. The van der Waals surface area contributed by atoms with Gasteiger partial charge < -0.3 is 20.1 Å². The minimum atomic E-state index is -2.96. The van der Waals surface area contributed by atoms with E-state index in [4.69, 9.17) is 9.47 Å². The lowest BCUT2D eigenvalue weighted by Crippen LogP contribution is -2.42. The van der Waals surface area contributed by atoms with Crippen molar-refractivity contribution in [1.82, 2.24) is 10.6 Å². The average molecular weight is 357 g/mol. The van der Waals surface area contributed by atoms with E-state index in [1.54, 1.807) is 21.3 Å². The highest BCUT2D eigenvalue weighted by Crippen LogP contribution is 2.27. The van der Waals surface area contributed by atoms with Crippen LogP contribution in [0.3, 0.4) is 0 Å². The molecule has 0 fully saturated rings. The molecule has 0 aliphatic heterocycles. The van der Waals surface area contributed by atoms with Crippen LogP contribution in [-0.4, -0.2) is 53.7 Å². The zero-order valence-corrected chi connectivity index (χ0v) is 15.7. The van der Waals surface area contributed by atoms with Crippen LogP contribution in [0.1, 0.15) is 18.9 Å². The van der Waals surface area contributed by atoms with Gasteiger partial charge in [0.05, 0.1) is 20.0 Å². The largest absolute Gasteiger partial charge is 0.493 e. The summed E-state index contributed by atoms with van der Waals surface area (Å²) < 4.78 is 32.9. The van der Waals surface area contributed by atoms with Crippen molar-refractivity contribution in [2.24, 2.45) is 4.99 Å². The molecule has 1 aromatic carbocycles. The van der Waals surface area contributed by atoms with Gasteiger partial charge in [-0.05, 0) is 31.0 Å². The highest BCUT2D eigenvalue weighted by molar-refractivity contribution is 7.90. The van der Waals surface area contributed by atoms with E-state index in [9.17, 15) is 8.42 Å². The number of benzene rings is 1. The van der Waals surface area contributed by atoms with Crippen molar-refractivity contribution >= 4 is 15.8 Å². The van der Waals surface area contributed by atoms with E-state index >= 15 is 0 Å². The van der Waals surface area contributed by atoms with E-state index in [1.165, 1.54) is 6.26 Å². The maximum atomic E-state index is 11.2. The summed E-state index contributed by atoms with van der Waals surface area (Å²) in [5.41, 5.74) is 1.01. The van der Waals surface area contributed by atoms with Gasteiger partial charge in [0.25, 0.3) is 0 Å². The molecule has 0 saturated carbocycles. The average Bonchev–Trinajstić information content (AvgIpc) is 2.55. The zero-order valence-electron chi connectivity index (χ0n) is 14.9. The van der Waals surface area contributed by atoms with E-state index in [0.717, 1.165) is 5.56 Å². The molecule has 1 rings (SSSR count). The second kappa shape index (κ2) is 9.36. The summed E-state index contributed by atoms with van der Waals surface area (Å²) in [5.74, 6) is 2.11. The van der Waals surface area contributed by atoms with Crippen LogP contribution in [-0.2, 0) is 16.4 Å². The monoisotopic (exact) mass is 357 g/mol. The van der Waals surface area contributed by atoms with Crippen molar-refractivity contribution in [2.45, 2.75) is 25.9 Å². The maximum absolute atomic E-state index is 11.2. The van der Waals surface area contributed by atoms with Crippen LogP contribution in [0, 0.1) is 0 Å². The van der Waals surface area contributed by atoms with Crippen molar-refractivity contribution in [1.29, 1.82) is 0 Å². The fourth-order valence-electron chi connectivity index (χ4n) is 2.07. The van der Waals surface area contributed by atoms with Crippen LogP contribution >= 0.6 is 0 Å². The van der Waals surface area contributed by atoms with Crippen LogP contribution in [0.4, 0.5) is 0 Å². The lowest BCUT2D eigenvalue weighted by Gasteiger charge is -2.18. The van der Waals surface area contributed by atoms with Crippen LogP contribution in [0.2, 0.25) is 0 Å². The molecule has 136 valence electrons. The molecule has 0 amide bonds. The van der Waals surface area contributed by atoms with Crippen LogP contribution in [0.15, 0.2) is 23.2 Å². The van der Waals surface area contributed by atoms with Crippen molar-refractivity contribution in [2.75, 3.05) is 33.3 Å². The molecule has 8 heteroatoms. The maximum Gasteiger partial charge on any atom is 0.191 e. The number of methoxy groups -OCH3 is 2. The van der Waals surface area contributed by atoms with Gasteiger partial charge in [-0.2, -0.15) is 0 Å². The van der Waals surface area contributed by atoms with Gasteiger partial charge in [-0.15, -0.1) is 0 Å². The zero-order chi connectivity index (χ0) is 18.2. The summed E-state index contributed by atoms with van der Waals surface area (Å²) in [6, 6.07) is 5.68. The smallest absolute Gasteiger partial charge is 0.191 e. The van der Waals surface area contributed by atoms with Gasteiger partial charge in [-0.25, -0.2) is 8.42 Å². The first kappa shape index (κ1) is 20.1. The Balaban J connectivity index is 2.58. The van der Waals surface area contributed by atoms with E-state index in [1.807, 2.05) is 25.1 Å². The molecule has 1 unspecified atom stereocenters. The summed E-state index contributed by atoms with van der Waals surface area (Å²) in [4.78, 5) is 4.15. The van der Waals surface area contributed by atoms with Gasteiger partial charge in [0.2, 0.25) is 0 Å². The molecule has 0 saturated heterocycles. The molecule has 1 aromatic rings. The fourth-order valence-corrected chi connectivity index (χ4v) is 2.85. The lowest BCUT2D eigenvalue weighted by atomic mass is 10.2. The topological polar surface area (TPSA) is 89.0 Å². The Morgan fingerprint density at radius 3 is 2.46 bits per heavy atom. The number of nitrogens with zero attached hydrogens (tertiary/aromatic N) is 1. The number of ether oxygens (including phenoxy) is 2. The highest BCUT2D eigenvalue weighted by Gasteiger charge is 2.10. The Labute approximate surface area is 144 Å². The molecular formula is C16H27N3O4S. The van der Waals surface area contributed by atoms with Gasteiger partial charge >= 0.3 is 0 Å². The highest BCUT2D eigenvalue weighted by atomic mass is 32.2. The summed E-state index contributed by atoms with van der Waals surface area (Å²) in [5, 5.41) is 6.37. The summed E-state index contributed by atoms with van der Waals surface area (Å²) in [6.07, 6.45) is 1.76. The standard InChI is InChI=1S/C16H27N3O4S/c1-12(8-9-24(5,20)21)19-16(17-2)18-11-13-6-7-14(22-3)15(10-13)23-4/h6-7,10,12H,8-9,11H2,1-5H3,(H2,17,18,19). The molecule has 1 atom stereocenters. The summed E-state index contributed by atoms with van der Waals surface area (Å²) >= 11 is 0. The quantitative estimate of drug-likeness (QED) is 0.537. The first-order valence-electron chi connectivity index (χ1n) is 7.65. The van der Waals surface area contributed by atoms with Crippen molar-refractivity contribution in [3.05, 3.63) is 23.8 Å². The molecule has 0 bridgehead atoms. The lowest BCUT2D eigenvalue weighted by molar-refractivity contribution is 0.354. The van der Waals surface area contributed by atoms with Crippen molar-refractivity contribution in [3.8, 4) is 11.5 Å². The molecule has 24 heavy (non-hydrogen) atoms. The van der Waals surface area contributed by atoms with Crippen LogP contribution in [0.25, 0.3) is 0 Å². The minimum Gasteiger partial charge on any atom is -0.493 e. The van der Waals surface area contributed by atoms with Gasteiger partial charge in [0.1, 0.15) is 9.84 Å². The van der Waals surface area contributed by atoms with E-state index in [0.29, 0.717) is 30.4 Å². The van der Waals surface area contributed by atoms with Gasteiger partial charge in [-0.1, -0.05) is 6.07 Å². The molecule has 7 nitrogen and oxygen atoms in total.